The van der Waals surface area contributed by atoms with Crippen molar-refractivity contribution in [2.24, 2.45) is 11.7 Å². The fourth-order valence-electron chi connectivity index (χ4n) is 4.26. The van der Waals surface area contributed by atoms with E-state index in [9.17, 15) is 4.79 Å². The van der Waals surface area contributed by atoms with Gasteiger partial charge in [-0.15, -0.1) is 24.8 Å². The second kappa shape index (κ2) is 11.1. The van der Waals surface area contributed by atoms with Gasteiger partial charge in [0.25, 0.3) is 0 Å². The van der Waals surface area contributed by atoms with E-state index in [1.165, 1.54) is 6.42 Å². The van der Waals surface area contributed by atoms with Crippen LogP contribution in [-0.4, -0.2) is 47.5 Å². The largest absolute Gasteiger partial charge is 0.357 e. The van der Waals surface area contributed by atoms with Crippen LogP contribution in [0.25, 0.3) is 0 Å². The molecule has 1 aromatic rings. The van der Waals surface area contributed by atoms with Gasteiger partial charge in [-0.1, -0.05) is 25.3 Å². The molecule has 2 N–H and O–H groups in total. The number of anilines is 1. The summed E-state index contributed by atoms with van der Waals surface area (Å²) < 4.78 is 0. The van der Waals surface area contributed by atoms with Crippen LogP contribution < -0.4 is 10.6 Å². The lowest BCUT2D eigenvalue weighted by atomic mass is 9.81. The van der Waals surface area contributed by atoms with Crippen molar-refractivity contribution in [1.29, 1.82) is 0 Å². The van der Waals surface area contributed by atoms with Crippen LogP contribution in [0, 0.1) is 5.92 Å². The number of rotatable bonds is 5. The lowest BCUT2D eigenvalue weighted by molar-refractivity contribution is -0.138. The molecule has 3 rings (SSSR count). The van der Waals surface area contributed by atoms with Gasteiger partial charge >= 0.3 is 0 Å². The highest BCUT2D eigenvalue weighted by molar-refractivity contribution is 5.86. The Labute approximate surface area is 175 Å². The summed E-state index contributed by atoms with van der Waals surface area (Å²) in [5.41, 5.74) is 5.87. The van der Waals surface area contributed by atoms with Gasteiger partial charge in [-0.2, -0.15) is 0 Å². The third kappa shape index (κ3) is 5.97. The van der Waals surface area contributed by atoms with E-state index >= 15 is 0 Å². The average Bonchev–Trinajstić information content (AvgIpc) is 2.67. The zero-order valence-corrected chi connectivity index (χ0v) is 17.9. The molecular formula is C20H34Cl2N4O. The molecule has 1 aliphatic heterocycles. The molecule has 1 aliphatic carbocycles. The standard InChI is InChI=1S/C20H32N4O.2ClH/c1-2-23(19(25)20(21)11-5-3-6-12-20)16-17-9-14-24(15-10-17)18-8-4-7-13-22-18;;/h4,7-8,13,17H,2-3,5-6,9-12,14-16,21H2,1H3;2*1H. The molecule has 0 spiro atoms. The highest BCUT2D eigenvalue weighted by Crippen LogP contribution is 2.29. The van der Waals surface area contributed by atoms with Crippen molar-refractivity contribution in [3.8, 4) is 0 Å². The van der Waals surface area contributed by atoms with E-state index < -0.39 is 5.54 Å². The summed E-state index contributed by atoms with van der Waals surface area (Å²) in [6.07, 6.45) is 9.15. The van der Waals surface area contributed by atoms with E-state index in [2.05, 4.69) is 22.9 Å². The Bertz CT molecular complexity index is 558. The normalized spacial score (nSPS) is 19.6. The van der Waals surface area contributed by atoms with Gasteiger partial charge < -0.3 is 15.5 Å². The third-order valence-corrected chi connectivity index (χ3v) is 5.91. The van der Waals surface area contributed by atoms with E-state index in [1.54, 1.807) is 0 Å². The number of carbonyl (C=O) groups excluding carboxylic acids is 1. The number of amides is 1. The summed E-state index contributed by atoms with van der Waals surface area (Å²) in [7, 11) is 0. The van der Waals surface area contributed by atoms with Crippen molar-refractivity contribution in [3.05, 3.63) is 24.4 Å². The molecular weight excluding hydrogens is 383 g/mol. The minimum absolute atomic E-state index is 0. The second-order valence-electron chi connectivity index (χ2n) is 7.68. The number of halogens is 2. The molecule has 2 fully saturated rings. The molecule has 1 saturated heterocycles. The quantitative estimate of drug-likeness (QED) is 0.795. The van der Waals surface area contributed by atoms with Crippen LogP contribution in [0.15, 0.2) is 24.4 Å². The number of nitrogens with zero attached hydrogens (tertiary/aromatic N) is 3. The first-order chi connectivity index (χ1) is 12.1. The molecule has 0 bridgehead atoms. The van der Waals surface area contributed by atoms with Gasteiger partial charge in [-0.05, 0) is 50.7 Å². The zero-order valence-electron chi connectivity index (χ0n) is 16.3. The van der Waals surface area contributed by atoms with Crippen LogP contribution >= 0.6 is 24.8 Å². The van der Waals surface area contributed by atoms with Gasteiger partial charge in [0.2, 0.25) is 5.91 Å². The number of likely N-dealkylation sites (N-methyl/N-ethyl adjacent to an activating group) is 1. The van der Waals surface area contributed by atoms with E-state index in [-0.39, 0.29) is 30.7 Å². The van der Waals surface area contributed by atoms with E-state index in [0.717, 1.165) is 70.5 Å². The van der Waals surface area contributed by atoms with Crippen LogP contribution in [0.2, 0.25) is 0 Å². The number of pyridine rings is 1. The van der Waals surface area contributed by atoms with Crippen molar-refractivity contribution in [2.75, 3.05) is 31.1 Å². The van der Waals surface area contributed by atoms with Crippen LogP contribution in [0.1, 0.15) is 51.9 Å². The molecule has 154 valence electrons. The molecule has 1 saturated carbocycles. The Hall–Kier alpha value is -1.04. The molecule has 0 unspecified atom stereocenters. The summed E-state index contributed by atoms with van der Waals surface area (Å²) in [5, 5.41) is 0. The van der Waals surface area contributed by atoms with Gasteiger partial charge in [0.15, 0.2) is 0 Å². The summed E-state index contributed by atoms with van der Waals surface area (Å²) in [6, 6.07) is 6.06. The Morgan fingerprint density at radius 3 is 2.44 bits per heavy atom. The monoisotopic (exact) mass is 416 g/mol. The van der Waals surface area contributed by atoms with Gasteiger partial charge in [0, 0.05) is 32.4 Å². The Morgan fingerprint density at radius 2 is 1.89 bits per heavy atom. The molecule has 1 amide bonds. The first-order valence-corrected chi connectivity index (χ1v) is 9.86. The highest BCUT2D eigenvalue weighted by atomic mass is 35.5. The summed E-state index contributed by atoms with van der Waals surface area (Å²) in [5.74, 6) is 1.81. The summed E-state index contributed by atoms with van der Waals surface area (Å²) in [6.45, 7) is 5.72. The predicted octanol–water partition coefficient (Wildman–Crippen LogP) is 3.65. The number of hydrogen-bond donors (Lipinski definition) is 1. The Kier molecular flexibility index (Phi) is 9.85. The molecule has 1 aromatic heterocycles. The third-order valence-electron chi connectivity index (χ3n) is 5.91. The molecule has 27 heavy (non-hydrogen) atoms. The minimum Gasteiger partial charge on any atom is -0.357 e. The van der Waals surface area contributed by atoms with Crippen LogP contribution in [0.4, 0.5) is 5.82 Å². The molecule has 2 heterocycles. The fourth-order valence-corrected chi connectivity index (χ4v) is 4.26. The lowest BCUT2D eigenvalue weighted by Gasteiger charge is -2.39. The first kappa shape index (κ1) is 24.0. The topological polar surface area (TPSA) is 62.5 Å². The van der Waals surface area contributed by atoms with Crippen molar-refractivity contribution in [2.45, 2.75) is 57.4 Å². The average molecular weight is 417 g/mol. The number of piperidine rings is 1. The van der Waals surface area contributed by atoms with Crippen LogP contribution in [-0.2, 0) is 4.79 Å². The van der Waals surface area contributed by atoms with Crippen molar-refractivity contribution >= 4 is 36.5 Å². The van der Waals surface area contributed by atoms with E-state index in [4.69, 9.17) is 5.73 Å². The lowest BCUT2D eigenvalue weighted by Crippen LogP contribution is -2.57. The molecule has 7 heteroatoms. The Morgan fingerprint density at radius 1 is 1.22 bits per heavy atom. The first-order valence-electron chi connectivity index (χ1n) is 9.86. The van der Waals surface area contributed by atoms with Crippen LogP contribution in [0.3, 0.4) is 0 Å². The van der Waals surface area contributed by atoms with E-state index in [1.807, 2.05) is 23.2 Å². The van der Waals surface area contributed by atoms with Gasteiger partial charge in [-0.3, -0.25) is 4.79 Å². The molecule has 2 aliphatic rings. The number of carbonyl (C=O) groups is 1. The van der Waals surface area contributed by atoms with Gasteiger partial charge in [-0.25, -0.2) is 4.98 Å². The maximum atomic E-state index is 13.0. The highest BCUT2D eigenvalue weighted by Gasteiger charge is 2.38. The van der Waals surface area contributed by atoms with Crippen molar-refractivity contribution < 1.29 is 4.79 Å². The maximum Gasteiger partial charge on any atom is 0.242 e. The smallest absolute Gasteiger partial charge is 0.242 e. The molecule has 5 nitrogen and oxygen atoms in total. The van der Waals surface area contributed by atoms with Crippen LogP contribution in [0.5, 0.6) is 0 Å². The predicted molar refractivity (Wildman–Crippen MR) is 116 cm³/mol. The zero-order chi connectivity index (χ0) is 17.7. The molecule has 0 aromatic carbocycles. The maximum absolute atomic E-state index is 13.0. The summed E-state index contributed by atoms with van der Waals surface area (Å²) in [4.78, 5) is 21.8. The fraction of sp³-hybridized carbons (Fsp3) is 0.700. The number of aromatic nitrogens is 1. The SMILES string of the molecule is CCN(CC1CCN(c2ccccn2)CC1)C(=O)C1(N)CCCCC1.Cl.Cl. The minimum atomic E-state index is -0.608. The van der Waals surface area contributed by atoms with Crippen molar-refractivity contribution in [3.63, 3.8) is 0 Å². The molecule has 0 radical (unpaired) electrons. The molecule has 0 atom stereocenters. The number of nitrogens with two attached hydrogens (primary N) is 1. The summed E-state index contributed by atoms with van der Waals surface area (Å²) >= 11 is 0. The van der Waals surface area contributed by atoms with E-state index in [0.29, 0.717) is 5.92 Å². The Balaban J connectivity index is 0.00000182. The second-order valence-corrected chi connectivity index (χ2v) is 7.68. The van der Waals surface area contributed by atoms with Crippen molar-refractivity contribution in [1.82, 2.24) is 9.88 Å². The van der Waals surface area contributed by atoms with Gasteiger partial charge in [0.1, 0.15) is 5.82 Å². The number of hydrogen-bond acceptors (Lipinski definition) is 4. The van der Waals surface area contributed by atoms with Gasteiger partial charge in [0.05, 0.1) is 5.54 Å².